The molecule has 0 aromatic carbocycles. The molecule has 3 rings (SSSR count). The van der Waals surface area contributed by atoms with E-state index in [4.69, 9.17) is 21.4 Å². The lowest BCUT2D eigenvalue weighted by molar-refractivity contribution is -0.197. The molecule has 2 aliphatic heterocycles. The minimum Gasteiger partial charge on any atom is -0.478 e. The first-order valence-electron chi connectivity index (χ1n) is 9.10. The molecule has 1 aromatic rings. The summed E-state index contributed by atoms with van der Waals surface area (Å²) in [5.41, 5.74) is -3.37. The summed E-state index contributed by atoms with van der Waals surface area (Å²) >= 11 is 5.83. The van der Waals surface area contributed by atoms with Crippen LogP contribution in [0.1, 0.15) is 32.2 Å². The third-order valence-corrected chi connectivity index (χ3v) is 5.83. The average Bonchev–Trinajstić information content (AvgIpc) is 2.63. The fraction of sp³-hybridized carbons (Fsp3) is 0.556. The lowest BCUT2D eigenvalue weighted by atomic mass is 9.75. The molecule has 0 unspecified atom stereocenters. The molecule has 2 fully saturated rings. The monoisotopic (exact) mass is 427 g/mol. The van der Waals surface area contributed by atoms with Gasteiger partial charge in [-0.25, -0.2) is 9.59 Å². The van der Waals surface area contributed by atoms with Crippen LogP contribution in [0.5, 0.6) is 0 Å². The molecular weight excluding hydrogens is 406 g/mol. The molecule has 10 nitrogen and oxygen atoms in total. The lowest BCUT2D eigenvalue weighted by Crippen LogP contribution is -2.59. The minimum atomic E-state index is -1.32. The number of hydrogen-bond acceptors (Lipinski definition) is 6. The van der Waals surface area contributed by atoms with Gasteiger partial charge in [-0.1, -0.05) is 11.6 Å². The van der Waals surface area contributed by atoms with E-state index in [0.29, 0.717) is 25.9 Å². The number of ether oxygens (including phenoxy) is 1. The molecule has 2 aliphatic rings. The van der Waals surface area contributed by atoms with Gasteiger partial charge in [0.25, 0.3) is 5.56 Å². The standard InChI is InChI=1S/C18H22ClN3O7/c1-17(28)10-18(4-6-21(7-5-18)13(23)2-3-14(24)25)29-9-12(17)22-8-11(19)15(26)20-16(22)27/h2-3,8,12,28H,4-7,9-10H2,1H3,(H,24,25)(H,20,26,27)/b3-2+/t12-,17-/m0/s1. The van der Waals surface area contributed by atoms with Crippen LogP contribution in [0, 0.1) is 0 Å². The van der Waals surface area contributed by atoms with Crippen LogP contribution in [-0.2, 0) is 14.3 Å². The van der Waals surface area contributed by atoms with Crippen LogP contribution in [0.4, 0.5) is 0 Å². The number of hydrogen-bond donors (Lipinski definition) is 3. The van der Waals surface area contributed by atoms with Gasteiger partial charge in [0.1, 0.15) is 5.02 Å². The van der Waals surface area contributed by atoms with Gasteiger partial charge in [-0.3, -0.25) is 19.1 Å². The summed E-state index contributed by atoms with van der Waals surface area (Å²) in [5, 5.41) is 19.5. The summed E-state index contributed by atoms with van der Waals surface area (Å²) < 4.78 is 7.23. The molecule has 3 heterocycles. The van der Waals surface area contributed by atoms with E-state index in [1.165, 1.54) is 15.7 Å². The molecule has 1 spiro atoms. The lowest BCUT2D eigenvalue weighted by Gasteiger charge is -2.51. The second-order valence-corrected chi connectivity index (χ2v) is 8.09. The van der Waals surface area contributed by atoms with Gasteiger partial charge in [-0.05, 0) is 19.8 Å². The van der Waals surface area contributed by atoms with Crippen molar-refractivity contribution in [3.63, 3.8) is 0 Å². The van der Waals surface area contributed by atoms with Crippen molar-refractivity contribution in [1.29, 1.82) is 0 Å². The van der Waals surface area contributed by atoms with Gasteiger partial charge in [0, 0.05) is 37.9 Å². The molecule has 3 N–H and O–H groups in total. The van der Waals surface area contributed by atoms with Gasteiger partial charge >= 0.3 is 11.7 Å². The van der Waals surface area contributed by atoms with E-state index in [0.717, 1.165) is 12.2 Å². The molecule has 1 amide bonds. The van der Waals surface area contributed by atoms with Crippen LogP contribution in [0.15, 0.2) is 27.9 Å². The topological polar surface area (TPSA) is 142 Å². The Morgan fingerprint density at radius 1 is 1.31 bits per heavy atom. The number of aromatic amines is 1. The molecule has 158 valence electrons. The number of H-pyrrole nitrogens is 1. The van der Waals surface area contributed by atoms with E-state index in [-0.39, 0.29) is 18.1 Å². The molecule has 0 aliphatic carbocycles. The van der Waals surface area contributed by atoms with E-state index in [9.17, 15) is 24.3 Å². The van der Waals surface area contributed by atoms with E-state index >= 15 is 0 Å². The van der Waals surface area contributed by atoms with Gasteiger partial charge in [-0.15, -0.1) is 0 Å². The SMILES string of the molecule is C[C@]1(O)CC2(CCN(C(=O)/C=C/C(=O)O)CC2)OC[C@@H]1n1cc(Cl)c(=O)[nH]c1=O. The van der Waals surface area contributed by atoms with Crippen molar-refractivity contribution in [2.75, 3.05) is 19.7 Å². The first-order chi connectivity index (χ1) is 13.5. The van der Waals surface area contributed by atoms with Gasteiger partial charge in [0.2, 0.25) is 5.91 Å². The van der Waals surface area contributed by atoms with E-state index in [1.54, 1.807) is 6.92 Å². The fourth-order valence-corrected chi connectivity index (χ4v) is 4.18. The third kappa shape index (κ3) is 4.44. The molecule has 0 radical (unpaired) electrons. The number of piperidine rings is 1. The van der Waals surface area contributed by atoms with Crippen molar-refractivity contribution >= 4 is 23.5 Å². The van der Waals surface area contributed by atoms with Crippen LogP contribution in [-0.4, -0.2) is 67.4 Å². The number of halogens is 1. The summed E-state index contributed by atoms with van der Waals surface area (Å²) in [6, 6.07) is -0.742. The average molecular weight is 428 g/mol. The zero-order chi connectivity index (χ0) is 21.4. The Morgan fingerprint density at radius 2 is 1.97 bits per heavy atom. The summed E-state index contributed by atoms with van der Waals surface area (Å²) in [6.45, 7) is 2.34. The van der Waals surface area contributed by atoms with Crippen molar-refractivity contribution in [1.82, 2.24) is 14.5 Å². The molecule has 11 heteroatoms. The minimum absolute atomic E-state index is 0.0299. The molecule has 0 bridgehead atoms. The fourth-order valence-electron chi connectivity index (χ4n) is 4.03. The maximum absolute atomic E-state index is 12.2. The van der Waals surface area contributed by atoms with Crippen LogP contribution >= 0.6 is 11.6 Å². The van der Waals surface area contributed by atoms with E-state index < -0.39 is 40.4 Å². The Labute approximate surface area is 170 Å². The van der Waals surface area contributed by atoms with Crippen molar-refractivity contribution in [3.05, 3.63) is 44.2 Å². The number of aliphatic carboxylic acids is 1. The molecule has 29 heavy (non-hydrogen) atoms. The first-order valence-corrected chi connectivity index (χ1v) is 9.48. The predicted molar refractivity (Wildman–Crippen MR) is 102 cm³/mol. The largest absolute Gasteiger partial charge is 0.478 e. The Bertz CT molecular complexity index is 957. The number of aliphatic hydroxyl groups is 1. The van der Waals surface area contributed by atoms with Gasteiger partial charge in [-0.2, -0.15) is 0 Å². The third-order valence-electron chi connectivity index (χ3n) is 5.56. The van der Waals surface area contributed by atoms with E-state index in [2.05, 4.69) is 4.98 Å². The second kappa shape index (κ2) is 7.77. The van der Waals surface area contributed by atoms with Gasteiger partial charge < -0.3 is 19.8 Å². The Kier molecular flexibility index (Phi) is 5.70. The highest BCUT2D eigenvalue weighted by atomic mass is 35.5. The molecule has 0 saturated carbocycles. The number of likely N-dealkylation sites (tertiary alicyclic amines) is 1. The Morgan fingerprint density at radius 3 is 2.55 bits per heavy atom. The summed E-state index contributed by atoms with van der Waals surface area (Å²) in [5.74, 6) is -1.58. The number of amides is 1. The molecular formula is C18H22ClN3O7. The first kappa shape index (κ1) is 21.3. The summed E-state index contributed by atoms with van der Waals surface area (Å²) in [7, 11) is 0. The highest BCUT2D eigenvalue weighted by Gasteiger charge is 2.50. The number of nitrogens with zero attached hydrogens (tertiary/aromatic N) is 2. The van der Waals surface area contributed by atoms with Crippen molar-refractivity contribution in [3.8, 4) is 0 Å². The van der Waals surface area contributed by atoms with Crippen LogP contribution < -0.4 is 11.2 Å². The Balaban J connectivity index is 1.72. The van der Waals surface area contributed by atoms with Gasteiger partial charge in [0.05, 0.1) is 23.9 Å². The number of carboxylic acid groups (broad SMARTS) is 1. The normalized spacial score (nSPS) is 26.7. The smallest absolute Gasteiger partial charge is 0.328 e. The maximum Gasteiger partial charge on any atom is 0.328 e. The predicted octanol–water partition coefficient (Wildman–Crippen LogP) is -0.0956. The van der Waals surface area contributed by atoms with Crippen LogP contribution in [0.3, 0.4) is 0 Å². The van der Waals surface area contributed by atoms with Crippen LogP contribution in [0.25, 0.3) is 0 Å². The quantitative estimate of drug-likeness (QED) is 0.572. The maximum atomic E-state index is 12.2. The van der Waals surface area contributed by atoms with Crippen LogP contribution in [0.2, 0.25) is 5.02 Å². The number of aromatic nitrogens is 2. The van der Waals surface area contributed by atoms with Gasteiger partial charge in [0.15, 0.2) is 0 Å². The highest BCUT2D eigenvalue weighted by Crippen LogP contribution is 2.43. The molecule has 2 saturated heterocycles. The zero-order valence-electron chi connectivity index (χ0n) is 15.8. The number of nitrogens with one attached hydrogen (secondary N) is 1. The molecule has 2 atom stereocenters. The van der Waals surface area contributed by atoms with Crippen molar-refractivity contribution < 1.29 is 24.5 Å². The Hall–Kier alpha value is -2.43. The van der Waals surface area contributed by atoms with Crippen molar-refractivity contribution in [2.24, 2.45) is 0 Å². The van der Waals surface area contributed by atoms with Crippen molar-refractivity contribution in [2.45, 2.75) is 43.4 Å². The summed E-state index contributed by atoms with van der Waals surface area (Å²) in [6.07, 6.45) is 4.15. The number of carboxylic acids is 1. The number of carbonyl (C=O) groups is 2. The number of carbonyl (C=O) groups excluding carboxylic acids is 1. The van der Waals surface area contributed by atoms with E-state index in [1.807, 2.05) is 0 Å². The zero-order valence-corrected chi connectivity index (χ0v) is 16.5. The highest BCUT2D eigenvalue weighted by molar-refractivity contribution is 6.30. The summed E-state index contributed by atoms with van der Waals surface area (Å²) in [4.78, 5) is 49.9. The second-order valence-electron chi connectivity index (χ2n) is 7.68. The molecule has 1 aromatic heterocycles. The number of rotatable bonds is 3.